The molecule has 1 saturated heterocycles. The Morgan fingerprint density at radius 1 is 1.04 bits per heavy atom. The van der Waals surface area contributed by atoms with Crippen LogP contribution in [-0.4, -0.2) is 17.3 Å². The first-order chi connectivity index (χ1) is 12.4. The third kappa shape index (κ3) is 4.96. The number of benzene rings is 2. The Labute approximate surface area is 150 Å². The summed E-state index contributed by atoms with van der Waals surface area (Å²) < 4.78 is 44.3. The highest BCUT2D eigenvalue weighted by atomic mass is 19.4. The maximum absolute atomic E-state index is 12.8. The summed E-state index contributed by atoms with van der Waals surface area (Å²) in [5.74, 6) is 0. The van der Waals surface area contributed by atoms with Crippen molar-refractivity contribution in [1.29, 1.82) is 0 Å². The molecule has 2 aromatic rings. The lowest BCUT2D eigenvalue weighted by molar-refractivity contribution is -0.137. The first-order valence-electron chi connectivity index (χ1n) is 8.64. The van der Waals surface area contributed by atoms with E-state index in [0.29, 0.717) is 24.8 Å². The molecule has 2 aromatic carbocycles. The summed E-state index contributed by atoms with van der Waals surface area (Å²) in [4.78, 5) is 0. The SMILES string of the molecule is O[C@@H]1C[C@H](C/C=C/c2cccc(C(F)(F)F)c2)O[C@H](c2ccccc2)C1. The molecule has 138 valence electrons. The second-order valence-corrected chi connectivity index (χ2v) is 6.54. The van der Waals surface area contributed by atoms with Gasteiger partial charge in [-0.25, -0.2) is 0 Å². The van der Waals surface area contributed by atoms with Crippen LogP contribution in [0.15, 0.2) is 60.7 Å². The van der Waals surface area contributed by atoms with Crippen molar-refractivity contribution in [3.63, 3.8) is 0 Å². The van der Waals surface area contributed by atoms with Crippen LogP contribution >= 0.6 is 0 Å². The predicted molar refractivity (Wildman–Crippen MR) is 94.4 cm³/mol. The van der Waals surface area contributed by atoms with Gasteiger partial charge in [0.25, 0.3) is 0 Å². The molecule has 0 aliphatic carbocycles. The maximum atomic E-state index is 12.8. The fraction of sp³-hybridized carbons (Fsp3) is 0.333. The maximum Gasteiger partial charge on any atom is 0.416 e. The number of ether oxygens (including phenoxy) is 1. The van der Waals surface area contributed by atoms with Gasteiger partial charge in [-0.15, -0.1) is 0 Å². The zero-order valence-corrected chi connectivity index (χ0v) is 14.2. The van der Waals surface area contributed by atoms with Crippen LogP contribution in [0, 0.1) is 0 Å². The minimum absolute atomic E-state index is 0.160. The Morgan fingerprint density at radius 2 is 1.81 bits per heavy atom. The van der Waals surface area contributed by atoms with Gasteiger partial charge in [-0.3, -0.25) is 0 Å². The van der Waals surface area contributed by atoms with Crippen molar-refractivity contribution in [2.45, 2.75) is 43.8 Å². The molecule has 3 atom stereocenters. The Morgan fingerprint density at radius 3 is 2.54 bits per heavy atom. The van der Waals surface area contributed by atoms with Crippen molar-refractivity contribution in [2.75, 3.05) is 0 Å². The van der Waals surface area contributed by atoms with Crippen LogP contribution in [0.2, 0.25) is 0 Å². The Balaban J connectivity index is 1.63. The quantitative estimate of drug-likeness (QED) is 0.790. The van der Waals surface area contributed by atoms with Gasteiger partial charge in [0.2, 0.25) is 0 Å². The number of aliphatic hydroxyl groups excluding tert-OH is 1. The lowest BCUT2D eigenvalue weighted by Gasteiger charge is -2.33. The molecule has 0 aromatic heterocycles. The molecule has 1 aliphatic heterocycles. The number of aliphatic hydroxyl groups is 1. The van der Waals surface area contributed by atoms with Gasteiger partial charge in [-0.05, 0) is 36.1 Å². The molecule has 0 bridgehead atoms. The summed E-state index contributed by atoms with van der Waals surface area (Å²) in [7, 11) is 0. The topological polar surface area (TPSA) is 29.5 Å². The molecule has 0 unspecified atom stereocenters. The molecule has 1 aliphatic rings. The molecule has 2 nitrogen and oxygen atoms in total. The standard InChI is InChI=1S/C21H21F3O2/c22-21(23,24)17-10-4-6-15(12-17)7-5-11-19-13-18(25)14-20(26-19)16-8-2-1-3-9-16/h1-10,12,18-20,25H,11,13-14H2/b7-5+/t18-,19+,20+/m1/s1. The normalized spacial score (nSPS) is 24.1. The van der Waals surface area contributed by atoms with Gasteiger partial charge in [0.15, 0.2) is 0 Å². The van der Waals surface area contributed by atoms with Gasteiger partial charge in [-0.1, -0.05) is 54.6 Å². The van der Waals surface area contributed by atoms with E-state index in [2.05, 4.69) is 0 Å². The smallest absolute Gasteiger partial charge is 0.393 e. The zero-order chi connectivity index (χ0) is 18.6. The average Bonchev–Trinajstić information content (AvgIpc) is 2.62. The van der Waals surface area contributed by atoms with E-state index < -0.39 is 17.8 Å². The average molecular weight is 362 g/mol. The Hall–Kier alpha value is -2.11. The molecule has 5 heteroatoms. The molecular formula is C21H21F3O2. The molecule has 3 rings (SSSR count). The second kappa shape index (κ2) is 8.06. The Bertz CT molecular complexity index is 740. The summed E-state index contributed by atoms with van der Waals surface area (Å²) in [5, 5.41) is 10.1. The largest absolute Gasteiger partial charge is 0.416 e. The van der Waals surface area contributed by atoms with E-state index in [4.69, 9.17) is 4.74 Å². The fourth-order valence-corrected chi connectivity index (χ4v) is 3.20. The molecule has 1 fully saturated rings. The van der Waals surface area contributed by atoms with Crippen LogP contribution in [0.5, 0.6) is 0 Å². The highest BCUT2D eigenvalue weighted by Crippen LogP contribution is 2.33. The number of hydrogen-bond acceptors (Lipinski definition) is 2. The second-order valence-electron chi connectivity index (χ2n) is 6.54. The number of hydrogen-bond donors (Lipinski definition) is 1. The van der Waals surface area contributed by atoms with E-state index in [1.54, 1.807) is 18.2 Å². The summed E-state index contributed by atoms with van der Waals surface area (Å²) in [6, 6.07) is 14.9. The van der Waals surface area contributed by atoms with Gasteiger partial charge in [0.05, 0.1) is 23.9 Å². The van der Waals surface area contributed by atoms with Crippen LogP contribution in [0.1, 0.15) is 42.1 Å². The minimum atomic E-state index is -4.34. The van der Waals surface area contributed by atoms with E-state index in [1.807, 2.05) is 30.3 Å². The monoisotopic (exact) mass is 362 g/mol. The molecular weight excluding hydrogens is 341 g/mol. The van der Waals surface area contributed by atoms with E-state index in [1.165, 1.54) is 6.07 Å². The van der Waals surface area contributed by atoms with Crippen molar-refractivity contribution in [3.05, 3.63) is 77.4 Å². The molecule has 1 heterocycles. The summed E-state index contributed by atoms with van der Waals surface area (Å²) in [6.07, 6.45) is -0.0234. The first-order valence-corrected chi connectivity index (χ1v) is 8.64. The lowest BCUT2D eigenvalue weighted by atomic mass is 9.94. The molecule has 0 amide bonds. The van der Waals surface area contributed by atoms with Crippen molar-refractivity contribution in [3.8, 4) is 0 Å². The van der Waals surface area contributed by atoms with Crippen LogP contribution < -0.4 is 0 Å². The van der Waals surface area contributed by atoms with Crippen molar-refractivity contribution in [1.82, 2.24) is 0 Å². The molecule has 26 heavy (non-hydrogen) atoms. The highest BCUT2D eigenvalue weighted by molar-refractivity contribution is 5.50. The zero-order valence-electron chi connectivity index (χ0n) is 14.2. The van der Waals surface area contributed by atoms with Crippen LogP contribution in [0.25, 0.3) is 6.08 Å². The van der Waals surface area contributed by atoms with Crippen LogP contribution in [-0.2, 0) is 10.9 Å². The minimum Gasteiger partial charge on any atom is -0.393 e. The van der Waals surface area contributed by atoms with Gasteiger partial charge < -0.3 is 9.84 Å². The van der Waals surface area contributed by atoms with Crippen molar-refractivity contribution >= 4 is 6.08 Å². The van der Waals surface area contributed by atoms with Gasteiger partial charge in [-0.2, -0.15) is 13.2 Å². The third-order valence-corrected chi connectivity index (χ3v) is 4.47. The van der Waals surface area contributed by atoms with Gasteiger partial charge in [0, 0.05) is 6.42 Å². The Kier molecular flexibility index (Phi) is 5.79. The first kappa shape index (κ1) is 18.7. The molecule has 0 saturated carbocycles. The fourth-order valence-electron chi connectivity index (χ4n) is 3.20. The number of rotatable bonds is 4. The van der Waals surface area contributed by atoms with Crippen molar-refractivity contribution < 1.29 is 23.0 Å². The molecule has 0 radical (unpaired) electrons. The van der Waals surface area contributed by atoms with E-state index >= 15 is 0 Å². The van der Waals surface area contributed by atoms with E-state index in [9.17, 15) is 18.3 Å². The highest BCUT2D eigenvalue weighted by Gasteiger charge is 2.30. The number of alkyl halides is 3. The predicted octanol–water partition coefficient (Wildman–Crippen LogP) is 5.39. The van der Waals surface area contributed by atoms with E-state index in [-0.39, 0.29) is 12.2 Å². The molecule has 0 spiro atoms. The molecule has 1 N–H and O–H groups in total. The van der Waals surface area contributed by atoms with Gasteiger partial charge in [0.1, 0.15) is 0 Å². The van der Waals surface area contributed by atoms with Gasteiger partial charge >= 0.3 is 6.18 Å². The van der Waals surface area contributed by atoms with Crippen LogP contribution in [0.4, 0.5) is 13.2 Å². The summed E-state index contributed by atoms with van der Waals surface area (Å²) in [6.45, 7) is 0. The van der Waals surface area contributed by atoms with E-state index in [0.717, 1.165) is 17.7 Å². The lowest BCUT2D eigenvalue weighted by Crippen LogP contribution is -2.31. The summed E-state index contributed by atoms with van der Waals surface area (Å²) >= 11 is 0. The summed E-state index contributed by atoms with van der Waals surface area (Å²) in [5.41, 5.74) is 0.863. The third-order valence-electron chi connectivity index (χ3n) is 4.47. The van der Waals surface area contributed by atoms with Crippen LogP contribution in [0.3, 0.4) is 0 Å². The van der Waals surface area contributed by atoms with Crippen molar-refractivity contribution in [2.24, 2.45) is 0 Å². The number of halogens is 3.